The minimum Gasteiger partial charge on any atom is -0.507 e. The highest BCUT2D eigenvalue weighted by Gasteiger charge is 2.59. The zero-order valence-corrected chi connectivity index (χ0v) is 32.8. The first-order chi connectivity index (χ1) is 24.7. The number of para-hydroxylation sites is 1. The molecule has 0 heterocycles. The van der Waals surface area contributed by atoms with Gasteiger partial charge in [0.1, 0.15) is 5.75 Å². The lowest BCUT2D eigenvalue weighted by molar-refractivity contribution is -0.0692. The lowest BCUT2D eigenvalue weighted by Gasteiger charge is -2.58. The Kier molecular flexibility index (Phi) is 15.9. The highest BCUT2D eigenvalue weighted by molar-refractivity contribution is 5.83. The van der Waals surface area contributed by atoms with Gasteiger partial charge in [0.15, 0.2) is 0 Å². The Labute approximate surface area is 310 Å². The number of ether oxygens (including phenoxy) is 5. The summed E-state index contributed by atoms with van der Waals surface area (Å²) in [4.78, 5) is 4.28. The number of fused-ring (bicyclic) bond motifs is 5. The van der Waals surface area contributed by atoms with Gasteiger partial charge in [0.05, 0.1) is 72.1 Å². The second-order valence-electron chi connectivity index (χ2n) is 17.1. The van der Waals surface area contributed by atoms with Crippen LogP contribution in [-0.4, -0.2) is 83.4 Å². The van der Waals surface area contributed by atoms with Gasteiger partial charge in [0, 0.05) is 11.8 Å². The quantitative estimate of drug-likeness (QED) is 0.0735. The summed E-state index contributed by atoms with van der Waals surface area (Å²) in [5.74, 6) is 5.54. The molecule has 0 bridgehead atoms. The van der Waals surface area contributed by atoms with Gasteiger partial charge >= 0.3 is 0 Å². The molecule has 0 aliphatic heterocycles. The molecule has 1 aromatic carbocycles. The lowest BCUT2D eigenvalue weighted by atomic mass is 9.47. The van der Waals surface area contributed by atoms with Crippen molar-refractivity contribution in [2.45, 2.75) is 111 Å². The van der Waals surface area contributed by atoms with E-state index < -0.39 is 0 Å². The van der Waals surface area contributed by atoms with Crippen molar-refractivity contribution in [3.63, 3.8) is 0 Å². The van der Waals surface area contributed by atoms with Crippen molar-refractivity contribution in [2.75, 3.05) is 66.0 Å². The van der Waals surface area contributed by atoms with Gasteiger partial charge < -0.3 is 28.8 Å². The lowest BCUT2D eigenvalue weighted by Crippen LogP contribution is -2.51. The van der Waals surface area contributed by atoms with Gasteiger partial charge in [-0.25, -0.2) is 0 Å². The molecule has 0 aromatic heterocycles. The van der Waals surface area contributed by atoms with Crippen molar-refractivity contribution in [2.24, 2.45) is 51.3 Å². The summed E-state index contributed by atoms with van der Waals surface area (Å²) in [5, 5.41) is 9.73. The molecular weight excluding hydrogens is 638 g/mol. The fraction of sp³-hybridized carbons (Fsp3) is 0.795. The van der Waals surface area contributed by atoms with Crippen molar-refractivity contribution in [3.05, 3.63) is 41.5 Å². The number of hydrogen-bond donors (Lipinski definition) is 1. The molecule has 1 N–H and O–H groups in total. The Bertz CT molecular complexity index is 1230. The zero-order chi connectivity index (χ0) is 36.1. The van der Waals surface area contributed by atoms with Crippen LogP contribution in [0.2, 0.25) is 0 Å². The average Bonchev–Trinajstić information content (AvgIpc) is 3.47. The molecule has 7 nitrogen and oxygen atoms in total. The van der Waals surface area contributed by atoms with Gasteiger partial charge in [0.2, 0.25) is 0 Å². The van der Waals surface area contributed by atoms with Gasteiger partial charge in [-0.2, -0.15) is 0 Å². The maximum atomic E-state index is 9.73. The number of rotatable bonds is 22. The van der Waals surface area contributed by atoms with Crippen molar-refractivity contribution in [1.82, 2.24) is 0 Å². The van der Waals surface area contributed by atoms with Crippen LogP contribution in [0.1, 0.15) is 111 Å². The van der Waals surface area contributed by atoms with E-state index >= 15 is 0 Å². The Morgan fingerprint density at radius 1 is 0.804 bits per heavy atom. The molecule has 8 atom stereocenters. The maximum Gasteiger partial charge on any atom is 0.124 e. The third kappa shape index (κ3) is 10.9. The van der Waals surface area contributed by atoms with E-state index in [4.69, 9.17) is 23.7 Å². The van der Waals surface area contributed by atoms with E-state index in [9.17, 15) is 5.11 Å². The van der Waals surface area contributed by atoms with Crippen molar-refractivity contribution < 1.29 is 28.8 Å². The highest BCUT2D eigenvalue weighted by Crippen LogP contribution is 2.67. The summed E-state index contributed by atoms with van der Waals surface area (Å²) in [7, 11) is 0. The van der Waals surface area contributed by atoms with E-state index in [1.54, 1.807) is 23.9 Å². The predicted octanol–water partition coefficient (Wildman–Crippen LogP) is 9.30. The van der Waals surface area contributed by atoms with Crippen LogP contribution in [0.15, 0.2) is 40.9 Å². The van der Waals surface area contributed by atoms with Gasteiger partial charge in [-0.05, 0) is 110 Å². The van der Waals surface area contributed by atoms with Crippen LogP contribution in [0.5, 0.6) is 5.75 Å². The Morgan fingerprint density at radius 3 is 2.20 bits per heavy atom. The normalized spacial score (nSPS) is 31.0. The molecule has 7 heteroatoms. The van der Waals surface area contributed by atoms with Gasteiger partial charge in [0.25, 0.3) is 0 Å². The molecule has 288 valence electrons. The molecule has 3 fully saturated rings. The van der Waals surface area contributed by atoms with E-state index in [2.05, 4.69) is 45.7 Å². The smallest absolute Gasteiger partial charge is 0.124 e. The monoisotopic (exact) mass is 710 g/mol. The van der Waals surface area contributed by atoms with Crippen molar-refractivity contribution in [1.29, 1.82) is 0 Å². The molecule has 0 radical (unpaired) electrons. The largest absolute Gasteiger partial charge is 0.507 e. The Balaban J connectivity index is 0.886. The van der Waals surface area contributed by atoms with E-state index in [1.807, 2.05) is 12.1 Å². The van der Waals surface area contributed by atoms with Crippen molar-refractivity contribution in [3.8, 4) is 5.75 Å². The standard InChI is InChI=1S/C44H71NO6/c1-33(2)9-8-10-34(3)39-15-16-40-38-14-13-36-31-37(17-19-43(36,4)41(38)18-20-44(39,40)5)51-30-29-50-28-27-49-26-25-48-24-23-47-22-21-45-32-35-11-6-7-12-42(35)46/h6-7,11-13,32-34,37-41,46H,8-10,14-31H2,1-5H3/t34-,37+,38+,39-,40+,41+,43+,44-/m1/s1. The number of aliphatic imine (C=N–C) groups is 1. The van der Waals surface area contributed by atoms with Crippen LogP contribution in [0.4, 0.5) is 0 Å². The molecular formula is C44H71NO6. The molecule has 5 rings (SSSR count). The van der Waals surface area contributed by atoms with E-state index in [0.29, 0.717) is 88.5 Å². The first-order valence-corrected chi connectivity index (χ1v) is 20.6. The fourth-order valence-electron chi connectivity index (χ4n) is 10.7. The number of allylic oxidation sites excluding steroid dienone is 1. The number of hydrogen-bond acceptors (Lipinski definition) is 7. The first kappa shape index (κ1) is 40.4. The van der Waals surface area contributed by atoms with Crippen LogP contribution >= 0.6 is 0 Å². The molecule has 0 saturated heterocycles. The second-order valence-corrected chi connectivity index (χ2v) is 17.1. The molecule has 4 aliphatic rings. The molecule has 0 spiro atoms. The molecule has 4 aliphatic carbocycles. The van der Waals surface area contributed by atoms with E-state index in [-0.39, 0.29) is 5.75 Å². The van der Waals surface area contributed by atoms with Crippen LogP contribution < -0.4 is 0 Å². The van der Waals surface area contributed by atoms with Crippen molar-refractivity contribution >= 4 is 6.21 Å². The number of benzene rings is 1. The predicted molar refractivity (Wildman–Crippen MR) is 207 cm³/mol. The SMILES string of the molecule is CC(C)CCC[C@@H](C)[C@H]1CC[C@H]2[C@@H]3CC=C4C[C@@H](OCCOCCOCCOCCOCCN=Cc5ccccc5O)CC[C@]4(C)[C@H]3CC[C@]12C. The fourth-order valence-corrected chi connectivity index (χ4v) is 10.7. The van der Waals surface area contributed by atoms with Gasteiger partial charge in [-0.15, -0.1) is 0 Å². The van der Waals surface area contributed by atoms with E-state index in [0.717, 1.165) is 41.9 Å². The summed E-state index contributed by atoms with van der Waals surface area (Å²) < 4.78 is 28.9. The third-order valence-corrected chi connectivity index (χ3v) is 13.5. The Hall–Kier alpha value is -1.77. The molecule has 3 saturated carbocycles. The topological polar surface area (TPSA) is 78.7 Å². The molecule has 0 amide bonds. The summed E-state index contributed by atoms with van der Waals surface area (Å²) in [6.07, 6.45) is 19.6. The number of nitrogens with zero attached hydrogens (tertiary/aromatic N) is 1. The zero-order valence-electron chi connectivity index (χ0n) is 32.8. The molecule has 1 aromatic rings. The number of phenols is 1. The van der Waals surface area contributed by atoms with Crippen LogP contribution in [0, 0.1) is 46.3 Å². The minimum absolute atomic E-state index is 0.232. The summed E-state index contributed by atoms with van der Waals surface area (Å²) in [5.41, 5.74) is 3.35. The van der Waals surface area contributed by atoms with Crippen LogP contribution in [0.25, 0.3) is 0 Å². The third-order valence-electron chi connectivity index (χ3n) is 13.5. The van der Waals surface area contributed by atoms with Gasteiger partial charge in [-0.3, -0.25) is 4.99 Å². The minimum atomic E-state index is 0.232. The second kappa shape index (κ2) is 20.1. The maximum absolute atomic E-state index is 9.73. The molecule has 0 unspecified atom stereocenters. The highest BCUT2D eigenvalue weighted by atomic mass is 16.6. The molecule has 51 heavy (non-hydrogen) atoms. The van der Waals surface area contributed by atoms with Crippen LogP contribution in [-0.2, 0) is 23.7 Å². The van der Waals surface area contributed by atoms with Gasteiger partial charge in [-0.1, -0.05) is 77.7 Å². The number of phenolic OH excluding ortho intramolecular Hbond substituents is 1. The average molecular weight is 710 g/mol. The van der Waals surface area contributed by atoms with E-state index in [1.165, 1.54) is 64.2 Å². The first-order valence-electron chi connectivity index (χ1n) is 20.6. The summed E-state index contributed by atoms with van der Waals surface area (Å²) in [6.45, 7) is 18.2. The summed E-state index contributed by atoms with van der Waals surface area (Å²) >= 11 is 0. The Morgan fingerprint density at radius 2 is 1.49 bits per heavy atom. The summed E-state index contributed by atoms with van der Waals surface area (Å²) in [6, 6.07) is 7.14. The van der Waals surface area contributed by atoms with Crippen LogP contribution in [0.3, 0.4) is 0 Å². The number of aromatic hydroxyl groups is 1.